The highest BCUT2D eigenvalue weighted by Crippen LogP contribution is 2.33. The number of aryl methyl sites for hydroxylation is 4. The lowest BCUT2D eigenvalue weighted by atomic mass is 10.0. The Morgan fingerprint density at radius 1 is 0.660 bits per heavy atom. The molecule has 2 fully saturated rings. The fourth-order valence-corrected chi connectivity index (χ4v) is 7.99. The Kier molecular flexibility index (Phi) is 11.2. The summed E-state index contributed by atoms with van der Waals surface area (Å²) in [6.45, 7) is -0.726. The third-order valence-electron chi connectivity index (χ3n) is 8.29. The molecule has 0 radical (unpaired) electrons. The number of nitrogens with zero attached hydrogens (tertiary/aromatic N) is 2. The van der Waals surface area contributed by atoms with E-state index in [2.05, 4.69) is 5.32 Å². The number of carbonyl (C=O) groups is 4. The van der Waals surface area contributed by atoms with E-state index in [0.29, 0.717) is 36.8 Å². The van der Waals surface area contributed by atoms with Gasteiger partial charge in [0.15, 0.2) is 0 Å². The van der Waals surface area contributed by atoms with Crippen molar-refractivity contribution in [1.82, 2.24) is 14.8 Å². The van der Waals surface area contributed by atoms with E-state index in [9.17, 15) is 46.2 Å². The van der Waals surface area contributed by atoms with Crippen molar-refractivity contribution >= 4 is 55.4 Å². The Hall–Kier alpha value is -6.14. The van der Waals surface area contributed by atoms with E-state index in [1.807, 2.05) is 27.6 Å². The normalized spacial score (nSPS) is 15.6. The van der Waals surface area contributed by atoms with Crippen LogP contribution in [0.5, 0.6) is 11.5 Å². The van der Waals surface area contributed by atoms with Crippen molar-refractivity contribution in [2.24, 2.45) is 5.73 Å². The topological polar surface area (TPSA) is 246 Å². The average molecular weight is 765 g/mol. The van der Waals surface area contributed by atoms with Crippen LogP contribution in [-0.2, 0) is 55.7 Å². The molecule has 0 saturated carbocycles. The van der Waals surface area contributed by atoms with Crippen LogP contribution >= 0.6 is 0 Å². The molecule has 0 aromatic heterocycles. The number of carbonyl (C=O) groups excluding carboxylic acids is 4. The second-order valence-electron chi connectivity index (χ2n) is 12.1. The summed E-state index contributed by atoms with van der Waals surface area (Å²) >= 11 is 0. The third-order valence-corrected chi connectivity index (χ3v) is 11.1. The van der Waals surface area contributed by atoms with Gasteiger partial charge >= 0.3 is 20.4 Å². The first-order valence-corrected chi connectivity index (χ1v) is 18.9. The van der Waals surface area contributed by atoms with E-state index >= 15 is 0 Å². The highest BCUT2D eigenvalue weighted by atomic mass is 32.2. The highest BCUT2D eigenvalue weighted by molar-refractivity contribution is 7.92. The van der Waals surface area contributed by atoms with Gasteiger partial charge in [-0.15, -0.1) is 0 Å². The first-order valence-electron chi connectivity index (χ1n) is 16.1. The zero-order valence-corrected chi connectivity index (χ0v) is 29.9. The van der Waals surface area contributed by atoms with E-state index in [-0.39, 0.29) is 41.9 Å². The lowest BCUT2D eigenvalue weighted by Gasteiger charge is -2.16. The molecule has 278 valence electrons. The van der Waals surface area contributed by atoms with Crippen LogP contribution in [0.4, 0.5) is 11.4 Å². The number of anilines is 2. The maximum Gasteiger partial charge on any atom is 0.326 e. The summed E-state index contributed by atoms with van der Waals surface area (Å²) in [7, 11) is -6.35. The number of hydrogen-bond acceptors (Lipinski definition) is 10. The maximum atomic E-state index is 11.9. The monoisotopic (exact) mass is 764 g/mol. The Morgan fingerprint density at radius 3 is 1.42 bits per heavy atom. The largest absolute Gasteiger partial charge is 0.506 e. The van der Waals surface area contributed by atoms with Crippen LogP contribution in [0.25, 0.3) is 0 Å². The van der Waals surface area contributed by atoms with Gasteiger partial charge in [-0.2, -0.15) is 16.8 Å². The summed E-state index contributed by atoms with van der Waals surface area (Å²) in [5, 5.41) is 23.0. The smallest absolute Gasteiger partial charge is 0.326 e. The average Bonchev–Trinajstić information content (AvgIpc) is 3.56. The molecule has 2 saturated heterocycles. The number of rotatable bonds is 10. The van der Waals surface area contributed by atoms with Gasteiger partial charge in [0.1, 0.15) is 24.6 Å². The van der Waals surface area contributed by atoms with E-state index in [1.165, 1.54) is 24.3 Å². The quantitative estimate of drug-likeness (QED) is 0.135. The summed E-state index contributed by atoms with van der Waals surface area (Å²) in [6, 6.07) is 23.5. The van der Waals surface area contributed by atoms with Crippen molar-refractivity contribution in [3.63, 3.8) is 0 Å². The number of primary amides is 1. The fraction of sp³-hybridized carbons (Fsp3) is 0.200. The molecule has 2 aliphatic rings. The predicted molar refractivity (Wildman–Crippen MR) is 195 cm³/mol. The van der Waals surface area contributed by atoms with Gasteiger partial charge in [-0.1, -0.05) is 36.4 Å². The lowest BCUT2D eigenvalue weighted by molar-refractivity contribution is -0.118. The Bertz CT molecular complexity index is 2320. The van der Waals surface area contributed by atoms with Crippen LogP contribution < -0.4 is 29.1 Å². The minimum Gasteiger partial charge on any atom is -0.506 e. The van der Waals surface area contributed by atoms with Crippen molar-refractivity contribution < 1.29 is 46.2 Å². The van der Waals surface area contributed by atoms with Gasteiger partial charge in [0.05, 0.1) is 11.4 Å². The van der Waals surface area contributed by atoms with Gasteiger partial charge in [0.2, 0.25) is 5.91 Å². The third kappa shape index (κ3) is 9.21. The standard InChI is InChI=1S/C18H19N3O5S.C17H17N3O5S/c1-19-18(24)14-4-2-3-12(9-14)5-6-13-7-8-15(16(22)10-13)21-11-17(23)20-27(21,25)26;18-17(23)13-3-1-2-11(8-13)4-5-12-6-7-14(15(21)9-12)20-10-16(22)19-26(20,24)25/h2-4,7-10,22H,5-6,11H2,1H3,(H,19,24)(H,20,23);1-3,6-9,21H,4-5,10H2,(H2,18,23)(H,19,22). The van der Waals surface area contributed by atoms with E-state index < -0.39 is 38.1 Å². The van der Waals surface area contributed by atoms with Gasteiger partial charge in [0, 0.05) is 18.2 Å². The van der Waals surface area contributed by atoms with Gasteiger partial charge < -0.3 is 21.3 Å². The first kappa shape index (κ1) is 38.1. The molecule has 18 heteroatoms. The Morgan fingerprint density at radius 2 is 1.06 bits per heavy atom. The molecular weight excluding hydrogens is 729 g/mol. The molecule has 6 rings (SSSR count). The second-order valence-corrected chi connectivity index (χ2v) is 15.3. The number of nitrogens with two attached hydrogens (primary N) is 1. The Balaban J connectivity index is 0.000000204. The van der Waals surface area contributed by atoms with E-state index in [0.717, 1.165) is 30.9 Å². The minimum atomic E-state index is -3.96. The molecule has 7 N–H and O–H groups in total. The van der Waals surface area contributed by atoms with Gasteiger partial charge in [-0.05, 0) is 96.5 Å². The van der Waals surface area contributed by atoms with Crippen LogP contribution in [0.1, 0.15) is 43.0 Å². The molecule has 4 amide bonds. The van der Waals surface area contributed by atoms with Crippen LogP contribution in [-0.4, -0.2) is 70.8 Å². The van der Waals surface area contributed by atoms with Crippen molar-refractivity contribution in [3.05, 3.63) is 118 Å². The molecule has 2 heterocycles. The number of aromatic hydroxyl groups is 2. The molecule has 0 atom stereocenters. The van der Waals surface area contributed by atoms with Crippen molar-refractivity contribution in [3.8, 4) is 11.5 Å². The SMILES string of the molecule is CNC(=O)c1cccc(CCc2ccc(N3CC(=O)NS3(=O)=O)c(O)c2)c1.NC(=O)c1cccc(CCc2ccc(N3CC(=O)NS3(=O)=O)c(O)c2)c1. The van der Waals surface area contributed by atoms with E-state index in [4.69, 9.17) is 5.73 Å². The summed E-state index contributed by atoms with van der Waals surface area (Å²) in [6.07, 6.45) is 2.42. The zero-order valence-electron chi connectivity index (χ0n) is 28.3. The van der Waals surface area contributed by atoms with Crippen LogP contribution in [0, 0.1) is 0 Å². The molecule has 4 aromatic carbocycles. The molecule has 16 nitrogen and oxygen atoms in total. The fourth-order valence-electron chi connectivity index (χ4n) is 5.66. The number of amides is 4. The van der Waals surface area contributed by atoms with Crippen molar-refractivity contribution in [2.75, 3.05) is 28.7 Å². The predicted octanol–water partition coefficient (Wildman–Crippen LogP) is 1.18. The maximum absolute atomic E-state index is 11.9. The highest BCUT2D eigenvalue weighted by Gasteiger charge is 2.36. The van der Waals surface area contributed by atoms with Crippen LogP contribution in [0.15, 0.2) is 84.9 Å². The molecule has 0 bridgehead atoms. The Labute approximate surface area is 305 Å². The van der Waals surface area contributed by atoms with Crippen LogP contribution in [0.3, 0.4) is 0 Å². The van der Waals surface area contributed by atoms with Crippen LogP contribution in [0.2, 0.25) is 0 Å². The first-order chi connectivity index (χ1) is 25.1. The number of benzene rings is 4. The van der Waals surface area contributed by atoms with Gasteiger partial charge in [-0.3, -0.25) is 19.2 Å². The summed E-state index contributed by atoms with van der Waals surface area (Å²) in [5.41, 5.74) is 9.84. The molecule has 0 spiro atoms. The molecule has 53 heavy (non-hydrogen) atoms. The lowest BCUT2D eigenvalue weighted by Crippen LogP contribution is -2.29. The number of phenols is 2. The summed E-state index contributed by atoms with van der Waals surface area (Å²) < 4.78 is 52.8. The van der Waals surface area contributed by atoms with Gasteiger partial charge in [0.25, 0.3) is 17.7 Å². The molecule has 2 aliphatic heterocycles. The number of hydrogen-bond donors (Lipinski definition) is 6. The van der Waals surface area contributed by atoms with Gasteiger partial charge in [-0.25, -0.2) is 18.1 Å². The molecular formula is C35H36N6O10S2. The summed E-state index contributed by atoms with van der Waals surface area (Å²) in [4.78, 5) is 45.6. The molecule has 0 aliphatic carbocycles. The van der Waals surface area contributed by atoms with Crippen molar-refractivity contribution in [1.29, 1.82) is 0 Å². The number of nitrogens with one attached hydrogen (secondary N) is 3. The second kappa shape index (κ2) is 15.6. The van der Waals surface area contributed by atoms with E-state index in [1.54, 1.807) is 49.5 Å². The zero-order chi connectivity index (χ0) is 38.5. The number of phenolic OH excluding ortho intramolecular Hbond substituents is 2. The molecule has 0 unspecified atom stereocenters. The minimum absolute atomic E-state index is 0.0443. The van der Waals surface area contributed by atoms with Crippen molar-refractivity contribution in [2.45, 2.75) is 25.7 Å². The molecule has 4 aromatic rings. The summed E-state index contributed by atoms with van der Waals surface area (Å²) in [5.74, 6) is -2.39.